The van der Waals surface area contributed by atoms with Crippen molar-refractivity contribution in [3.8, 4) is 23.8 Å². The van der Waals surface area contributed by atoms with Crippen LogP contribution in [0.5, 0.6) is 11.5 Å². The van der Waals surface area contributed by atoms with Crippen molar-refractivity contribution >= 4 is 11.6 Å². The molecular weight excluding hydrogens is 327 g/mol. The fourth-order valence-corrected chi connectivity index (χ4v) is 2.76. The van der Waals surface area contributed by atoms with Gasteiger partial charge >= 0.3 is 6.18 Å². The summed E-state index contributed by atoms with van der Waals surface area (Å²) < 4.78 is 44.8. The Morgan fingerprint density at radius 2 is 1.88 bits per heavy atom. The molecule has 0 amide bonds. The van der Waals surface area contributed by atoms with E-state index in [1.54, 1.807) is 12.1 Å². The van der Waals surface area contributed by atoms with Crippen LogP contribution in [-0.4, -0.2) is 25.0 Å². The topological polar surface area (TPSA) is 12.5 Å². The van der Waals surface area contributed by atoms with Gasteiger partial charge in [0.2, 0.25) is 0 Å². The largest absolute Gasteiger partial charge is 0.456 e. The Bertz CT molecular complexity index is 862. The van der Waals surface area contributed by atoms with Gasteiger partial charge in [-0.2, -0.15) is 13.2 Å². The molecule has 0 N–H and O–H groups in total. The van der Waals surface area contributed by atoms with Crippen LogP contribution in [0, 0.1) is 12.3 Å². The van der Waals surface area contributed by atoms with Gasteiger partial charge in [0.15, 0.2) is 0 Å². The SMILES string of the molecule is C#CCN(C)CC1=Cc2ccc(C(F)(F)F)cc2Oc2ccccc21. The number of halogens is 3. The van der Waals surface area contributed by atoms with Crippen molar-refractivity contribution in [1.29, 1.82) is 0 Å². The van der Waals surface area contributed by atoms with Crippen molar-refractivity contribution in [2.45, 2.75) is 6.18 Å². The lowest BCUT2D eigenvalue weighted by Gasteiger charge is -2.17. The summed E-state index contributed by atoms with van der Waals surface area (Å²) in [6.07, 6.45) is 2.79. The Labute approximate surface area is 144 Å². The Morgan fingerprint density at radius 1 is 1.12 bits per heavy atom. The van der Waals surface area contributed by atoms with E-state index in [1.807, 2.05) is 30.2 Å². The minimum absolute atomic E-state index is 0.192. The number of hydrogen-bond donors (Lipinski definition) is 0. The van der Waals surface area contributed by atoms with Gasteiger partial charge in [0.05, 0.1) is 12.1 Å². The van der Waals surface area contributed by atoms with E-state index in [-0.39, 0.29) is 5.75 Å². The highest BCUT2D eigenvalue weighted by Gasteiger charge is 2.31. The number of benzene rings is 2. The van der Waals surface area contributed by atoms with E-state index in [2.05, 4.69) is 5.92 Å². The molecule has 0 saturated heterocycles. The number of ether oxygens (including phenoxy) is 1. The smallest absolute Gasteiger partial charge is 0.416 e. The second kappa shape index (κ2) is 6.66. The van der Waals surface area contributed by atoms with E-state index in [0.29, 0.717) is 24.4 Å². The molecule has 2 aromatic carbocycles. The van der Waals surface area contributed by atoms with Crippen molar-refractivity contribution in [2.24, 2.45) is 0 Å². The first-order valence-electron chi connectivity index (χ1n) is 7.69. The Balaban J connectivity index is 2.09. The molecular formula is C20H16F3NO. The Morgan fingerprint density at radius 3 is 2.60 bits per heavy atom. The lowest BCUT2D eigenvalue weighted by atomic mass is 10.0. The highest BCUT2D eigenvalue weighted by Crippen LogP contribution is 2.40. The van der Waals surface area contributed by atoms with E-state index in [0.717, 1.165) is 23.3 Å². The number of fused-ring (bicyclic) bond motifs is 2. The average Bonchev–Trinajstić information content (AvgIpc) is 2.70. The van der Waals surface area contributed by atoms with Crippen LogP contribution >= 0.6 is 0 Å². The second-order valence-electron chi connectivity index (χ2n) is 5.89. The molecule has 0 fully saturated rings. The van der Waals surface area contributed by atoms with Crippen molar-refractivity contribution in [3.63, 3.8) is 0 Å². The molecule has 0 atom stereocenters. The van der Waals surface area contributed by atoms with Gasteiger partial charge in [-0.05, 0) is 36.9 Å². The van der Waals surface area contributed by atoms with Crippen molar-refractivity contribution < 1.29 is 17.9 Å². The van der Waals surface area contributed by atoms with Crippen LogP contribution in [-0.2, 0) is 6.18 Å². The minimum atomic E-state index is -4.41. The fraction of sp³-hybridized carbons (Fsp3) is 0.200. The van der Waals surface area contributed by atoms with E-state index in [4.69, 9.17) is 11.2 Å². The summed E-state index contributed by atoms with van der Waals surface area (Å²) >= 11 is 0. The molecule has 2 nitrogen and oxygen atoms in total. The van der Waals surface area contributed by atoms with Crippen LogP contribution in [0.4, 0.5) is 13.2 Å². The molecule has 25 heavy (non-hydrogen) atoms. The molecule has 3 rings (SSSR count). The maximum Gasteiger partial charge on any atom is 0.416 e. The Hall–Kier alpha value is -2.71. The van der Waals surface area contributed by atoms with Crippen molar-refractivity contribution in [2.75, 3.05) is 20.1 Å². The molecule has 128 valence electrons. The normalized spacial score (nSPS) is 13.2. The zero-order valence-corrected chi connectivity index (χ0v) is 13.6. The van der Waals surface area contributed by atoms with Gasteiger partial charge in [-0.15, -0.1) is 6.42 Å². The molecule has 0 unspecified atom stereocenters. The third-order valence-corrected chi connectivity index (χ3v) is 3.93. The number of hydrogen-bond acceptors (Lipinski definition) is 2. The van der Waals surface area contributed by atoms with E-state index in [1.165, 1.54) is 6.07 Å². The standard InChI is InChI=1S/C20H16F3NO/c1-3-10-24(2)13-15-11-14-8-9-16(20(21,22)23)12-19(14)25-18-7-5-4-6-17(15)18/h1,4-9,11-12H,10,13H2,2H3. The number of nitrogens with zero attached hydrogens (tertiary/aromatic N) is 1. The molecule has 0 bridgehead atoms. The van der Waals surface area contributed by atoms with Crippen molar-refractivity contribution in [3.05, 3.63) is 59.2 Å². The van der Waals surface area contributed by atoms with Crippen LogP contribution < -0.4 is 4.74 Å². The maximum absolute atomic E-state index is 13.0. The number of rotatable bonds is 3. The summed E-state index contributed by atoms with van der Waals surface area (Å²) in [6, 6.07) is 10.8. The quantitative estimate of drug-likeness (QED) is 0.734. The minimum Gasteiger partial charge on any atom is -0.456 e. The molecule has 0 aromatic heterocycles. The van der Waals surface area contributed by atoms with Gasteiger partial charge in [0.1, 0.15) is 11.5 Å². The maximum atomic E-state index is 13.0. The van der Waals surface area contributed by atoms with Gasteiger partial charge in [-0.25, -0.2) is 0 Å². The highest BCUT2D eigenvalue weighted by molar-refractivity contribution is 5.88. The molecule has 1 aliphatic heterocycles. The van der Waals surface area contributed by atoms with Crippen LogP contribution in [0.1, 0.15) is 16.7 Å². The first kappa shape index (κ1) is 17.1. The van der Waals surface area contributed by atoms with Gasteiger partial charge in [0, 0.05) is 17.7 Å². The van der Waals surface area contributed by atoms with Gasteiger partial charge < -0.3 is 4.74 Å². The molecule has 1 heterocycles. The summed E-state index contributed by atoms with van der Waals surface area (Å²) in [5, 5.41) is 0. The van der Waals surface area contributed by atoms with Gasteiger partial charge in [-0.1, -0.05) is 30.2 Å². The molecule has 0 aliphatic carbocycles. The molecule has 2 aromatic rings. The summed E-state index contributed by atoms with van der Waals surface area (Å²) in [6.45, 7) is 1.03. The zero-order chi connectivity index (χ0) is 18.0. The van der Waals surface area contributed by atoms with Crippen LogP contribution in [0.15, 0.2) is 42.5 Å². The number of terminal acetylenes is 1. The third-order valence-electron chi connectivity index (χ3n) is 3.93. The number of alkyl halides is 3. The Kier molecular flexibility index (Phi) is 4.56. The predicted molar refractivity (Wildman–Crippen MR) is 92.2 cm³/mol. The fourth-order valence-electron chi connectivity index (χ4n) is 2.76. The number of likely N-dealkylation sites (N-methyl/N-ethyl adjacent to an activating group) is 1. The third kappa shape index (κ3) is 3.70. The average molecular weight is 343 g/mol. The molecule has 0 radical (unpaired) electrons. The van der Waals surface area contributed by atoms with Gasteiger partial charge in [-0.3, -0.25) is 4.90 Å². The van der Waals surface area contributed by atoms with E-state index < -0.39 is 11.7 Å². The molecule has 0 saturated carbocycles. The second-order valence-corrected chi connectivity index (χ2v) is 5.89. The van der Waals surface area contributed by atoms with Crippen LogP contribution in [0.3, 0.4) is 0 Å². The lowest BCUT2D eigenvalue weighted by molar-refractivity contribution is -0.137. The summed E-state index contributed by atoms with van der Waals surface area (Å²) in [7, 11) is 1.89. The van der Waals surface area contributed by atoms with Crippen LogP contribution in [0.2, 0.25) is 0 Å². The molecule has 0 spiro atoms. The first-order valence-corrected chi connectivity index (χ1v) is 7.69. The van der Waals surface area contributed by atoms with Crippen molar-refractivity contribution in [1.82, 2.24) is 4.90 Å². The van der Waals surface area contributed by atoms with Gasteiger partial charge in [0.25, 0.3) is 0 Å². The highest BCUT2D eigenvalue weighted by atomic mass is 19.4. The monoisotopic (exact) mass is 343 g/mol. The summed E-state index contributed by atoms with van der Waals surface area (Å²) in [5.74, 6) is 3.30. The van der Waals surface area contributed by atoms with E-state index in [9.17, 15) is 13.2 Å². The molecule has 5 heteroatoms. The summed E-state index contributed by atoms with van der Waals surface area (Å²) in [5.41, 5.74) is 1.65. The lowest BCUT2D eigenvalue weighted by Crippen LogP contribution is -2.20. The number of para-hydroxylation sites is 1. The van der Waals surface area contributed by atoms with Crippen LogP contribution in [0.25, 0.3) is 11.6 Å². The zero-order valence-electron chi connectivity index (χ0n) is 13.6. The predicted octanol–water partition coefficient (Wildman–Crippen LogP) is 4.92. The molecule has 1 aliphatic rings. The first-order chi connectivity index (χ1) is 11.9. The van der Waals surface area contributed by atoms with E-state index >= 15 is 0 Å². The summed E-state index contributed by atoms with van der Waals surface area (Å²) in [4.78, 5) is 1.96.